The average Bonchev–Trinajstić information content (AvgIpc) is 2.43. The smallest absolute Gasteiger partial charge is 0.00387 e. The first-order valence-electron chi connectivity index (χ1n) is 3.47. The molecule has 0 heterocycles. The van der Waals surface area contributed by atoms with Gasteiger partial charge in [0.1, 0.15) is 0 Å². The molecule has 0 aromatic heterocycles. The van der Waals surface area contributed by atoms with Gasteiger partial charge in [0.2, 0.25) is 0 Å². The summed E-state index contributed by atoms with van der Waals surface area (Å²) >= 11 is 0. The summed E-state index contributed by atoms with van der Waals surface area (Å²) in [7, 11) is 0. The molecule has 0 aromatic carbocycles. The van der Waals surface area contributed by atoms with Crippen LogP contribution in [0, 0.1) is 11.8 Å². The molecule has 1 aliphatic carbocycles. The van der Waals surface area contributed by atoms with Crippen molar-refractivity contribution >= 4 is 0 Å². The Balaban J connectivity index is 2.22. The van der Waals surface area contributed by atoms with Crippen molar-refractivity contribution in [2.45, 2.75) is 32.7 Å². The molecular weight excluding hydrogens is 98.1 g/mol. The second kappa shape index (κ2) is 2.06. The molecule has 2 N–H and O–H groups in total. The van der Waals surface area contributed by atoms with Crippen LogP contribution < -0.4 is 5.73 Å². The van der Waals surface area contributed by atoms with E-state index in [9.17, 15) is 0 Å². The molecule has 0 saturated heterocycles. The molecule has 48 valence electrons. The Morgan fingerprint density at radius 3 is 2.00 bits per heavy atom. The van der Waals surface area contributed by atoms with E-state index in [0.29, 0.717) is 6.04 Å². The molecule has 1 nitrogen and oxygen atoms in total. The van der Waals surface area contributed by atoms with Crippen molar-refractivity contribution in [2.24, 2.45) is 17.6 Å². The number of rotatable bonds is 2. The summed E-state index contributed by atoms with van der Waals surface area (Å²) in [6.07, 6.45) is 2.84. The molecule has 0 radical (unpaired) electrons. The van der Waals surface area contributed by atoms with E-state index >= 15 is 0 Å². The summed E-state index contributed by atoms with van der Waals surface area (Å²) in [5.41, 5.74) is 5.68. The highest BCUT2D eigenvalue weighted by molar-refractivity contribution is 4.82. The molecule has 2 atom stereocenters. The van der Waals surface area contributed by atoms with Crippen LogP contribution in [0.4, 0.5) is 0 Å². The van der Waals surface area contributed by atoms with Crippen LogP contribution >= 0.6 is 0 Å². The summed E-state index contributed by atoms with van der Waals surface area (Å²) in [5, 5.41) is 0. The SMILES string of the molecule is CC(N)C(C)C1CC1. The van der Waals surface area contributed by atoms with Crippen LogP contribution in [-0.4, -0.2) is 6.04 Å². The minimum atomic E-state index is 0.405. The zero-order valence-corrected chi connectivity index (χ0v) is 5.72. The average molecular weight is 113 g/mol. The van der Waals surface area contributed by atoms with E-state index in [1.807, 2.05) is 0 Å². The second-order valence-corrected chi connectivity index (χ2v) is 3.06. The van der Waals surface area contributed by atoms with E-state index < -0.39 is 0 Å². The van der Waals surface area contributed by atoms with E-state index in [-0.39, 0.29) is 0 Å². The topological polar surface area (TPSA) is 26.0 Å². The Morgan fingerprint density at radius 1 is 1.38 bits per heavy atom. The zero-order chi connectivity index (χ0) is 6.15. The third-order valence-electron chi connectivity index (χ3n) is 2.19. The molecule has 1 saturated carbocycles. The van der Waals surface area contributed by atoms with Gasteiger partial charge in [-0.25, -0.2) is 0 Å². The number of nitrogens with two attached hydrogens (primary N) is 1. The molecule has 0 bridgehead atoms. The Hall–Kier alpha value is -0.0400. The third-order valence-corrected chi connectivity index (χ3v) is 2.19. The quantitative estimate of drug-likeness (QED) is 0.575. The first-order valence-corrected chi connectivity index (χ1v) is 3.47. The summed E-state index contributed by atoms with van der Waals surface area (Å²) in [4.78, 5) is 0. The summed E-state index contributed by atoms with van der Waals surface area (Å²) in [6, 6.07) is 0.405. The van der Waals surface area contributed by atoms with Crippen molar-refractivity contribution in [3.05, 3.63) is 0 Å². The van der Waals surface area contributed by atoms with Crippen molar-refractivity contribution < 1.29 is 0 Å². The van der Waals surface area contributed by atoms with Gasteiger partial charge < -0.3 is 5.73 Å². The van der Waals surface area contributed by atoms with E-state index in [1.165, 1.54) is 12.8 Å². The van der Waals surface area contributed by atoms with E-state index in [4.69, 9.17) is 5.73 Å². The summed E-state index contributed by atoms with van der Waals surface area (Å²) in [6.45, 7) is 4.35. The molecule has 2 unspecified atom stereocenters. The van der Waals surface area contributed by atoms with Gasteiger partial charge in [-0.2, -0.15) is 0 Å². The lowest BCUT2D eigenvalue weighted by Gasteiger charge is -2.12. The van der Waals surface area contributed by atoms with Gasteiger partial charge in [-0.3, -0.25) is 0 Å². The maximum absolute atomic E-state index is 5.68. The molecule has 0 aromatic rings. The molecule has 0 aliphatic heterocycles. The Bertz CT molecular complexity index is 72.5. The monoisotopic (exact) mass is 113 g/mol. The maximum Gasteiger partial charge on any atom is 0.00387 e. The molecule has 0 spiro atoms. The predicted octanol–water partition coefficient (Wildman–Crippen LogP) is 1.38. The maximum atomic E-state index is 5.68. The fraction of sp³-hybridized carbons (Fsp3) is 1.00. The first-order chi connectivity index (χ1) is 3.72. The normalized spacial score (nSPS) is 27.4. The number of hydrogen-bond acceptors (Lipinski definition) is 1. The highest BCUT2D eigenvalue weighted by Gasteiger charge is 2.29. The number of hydrogen-bond donors (Lipinski definition) is 1. The van der Waals surface area contributed by atoms with E-state index in [1.54, 1.807) is 0 Å². The van der Waals surface area contributed by atoms with Crippen LogP contribution in [0.1, 0.15) is 26.7 Å². The van der Waals surface area contributed by atoms with Crippen LogP contribution in [0.25, 0.3) is 0 Å². The molecule has 8 heavy (non-hydrogen) atoms. The third kappa shape index (κ3) is 1.22. The van der Waals surface area contributed by atoms with E-state index in [0.717, 1.165) is 11.8 Å². The van der Waals surface area contributed by atoms with Gasteiger partial charge in [0.05, 0.1) is 0 Å². The predicted molar refractivity (Wildman–Crippen MR) is 35.5 cm³/mol. The van der Waals surface area contributed by atoms with Crippen LogP contribution in [0.5, 0.6) is 0 Å². The largest absolute Gasteiger partial charge is 0.328 e. The van der Waals surface area contributed by atoms with Crippen molar-refractivity contribution in [2.75, 3.05) is 0 Å². The Labute approximate surface area is 51.3 Å². The Morgan fingerprint density at radius 2 is 1.88 bits per heavy atom. The fourth-order valence-corrected chi connectivity index (χ4v) is 1.05. The molecule has 1 rings (SSSR count). The van der Waals surface area contributed by atoms with Crippen molar-refractivity contribution in [1.29, 1.82) is 0 Å². The van der Waals surface area contributed by atoms with Crippen molar-refractivity contribution in [3.8, 4) is 0 Å². The van der Waals surface area contributed by atoms with Gasteiger partial charge in [-0.05, 0) is 31.6 Å². The molecular formula is C7H15N. The molecule has 1 heteroatoms. The van der Waals surface area contributed by atoms with Crippen LogP contribution in [0.2, 0.25) is 0 Å². The van der Waals surface area contributed by atoms with E-state index in [2.05, 4.69) is 13.8 Å². The fourth-order valence-electron chi connectivity index (χ4n) is 1.05. The molecule has 1 fully saturated rings. The van der Waals surface area contributed by atoms with Crippen LogP contribution in [0.3, 0.4) is 0 Å². The highest BCUT2D eigenvalue weighted by Crippen LogP contribution is 2.37. The van der Waals surface area contributed by atoms with Crippen LogP contribution in [-0.2, 0) is 0 Å². The van der Waals surface area contributed by atoms with Gasteiger partial charge >= 0.3 is 0 Å². The zero-order valence-electron chi connectivity index (χ0n) is 5.72. The highest BCUT2D eigenvalue weighted by atomic mass is 14.6. The minimum absolute atomic E-state index is 0.405. The summed E-state index contributed by atoms with van der Waals surface area (Å²) in [5.74, 6) is 1.73. The lowest BCUT2D eigenvalue weighted by molar-refractivity contribution is 0.429. The van der Waals surface area contributed by atoms with Crippen molar-refractivity contribution in [3.63, 3.8) is 0 Å². The second-order valence-electron chi connectivity index (χ2n) is 3.06. The van der Waals surface area contributed by atoms with Crippen LogP contribution in [0.15, 0.2) is 0 Å². The van der Waals surface area contributed by atoms with Gasteiger partial charge in [0, 0.05) is 6.04 Å². The molecule has 0 amide bonds. The first kappa shape index (κ1) is 6.09. The molecule has 1 aliphatic rings. The minimum Gasteiger partial charge on any atom is -0.328 e. The van der Waals surface area contributed by atoms with Gasteiger partial charge in [0.25, 0.3) is 0 Å². The summed E-state index contributed by atoms with van der Waals surface area (Å²) < 4.78 is 0. The standard InChI is InChI=1S/C7H15N/c1-5(6(2)8)7-3-4-7/h5-7H,3-4,8H2,1-2H3. The van der Waals surface area contributed by atoms with Gasteiger partial charge in [-0.15, -0.1) is 0 Å². The lowest BCUT2D eigenvalue weighted by atomic mass is 9.99. The Kier molecular flexibility index (Phi) is 1.57. The van der Waals surface area contributed by atoms with Gasteiger partial charge in [-0.1, -0.05) is 6.92 Å². The van der Waals surface area contributed by atoms with Crippen molar-refractivity contribution in [1.82, 2.24) is 0 Å². The van der Waals surface area contributed by atoms with Gasteiger partial charge in [0.15, 0.2) is 0 Å². The lowest BCUT2D eigenvalue weighted by Crippen LogP contribution is -2.25.